The molecule has 0 aromatic heterocycles. The smallest absolute Gasteiger partial charge is 0.313 e. The molecule has 1 atom stereocenters. The number of halogens is 4. The van der Waals surface area contributed by atoms with Crippen LogP contribution in [0.5, 0.6) is 5.75 Å². The van der Waals surface area contributed by atoms with Crippen LogP contribution in [0.1, 0.15) is 49.0 Å². The van der Waals surface area contributed by atoms with Crippen molar-refractivity contribution < 1.29 is 111 Å². The van der Waals surface area contributed by atoms with Crippen LogP contribution in [0.3, 0.4) is 0 Å². The quantitative estimate of drug-likeness (QED) is 0.0136. The third kappa shape index (κ3) is 23.9. The first-order valence-corrected chi connectivity index (χ1v) is 29.2. The number of benzene rings is 3. The van der Waals surface area contributed by atoms with Gasteiger partial charge >= 0.3 is 16.1 Å². The van der Waals surface area contributed by atoms with Crippen molar-refractivity contribution in [3.05, 3.63) is 82.4 Å². The number of nitrogens with zero attached hydrogens (tertiary/aromatic N) is 3. The maximum absolute atomic E-state index is 14.0. The number of hydrogen-bond acceptors (Lipinski definition) is 21. The van der Waals surface area contributed by atoms with E-state index >= 15 is 0 Å². The highest BCUT2D eigenvalue weighted by Crippen LogP contribution is 2.34. The molecule has 4 N–H and O–H groups in total. The molecule has 0 spiro atoms. The monoisotopic (exact) mass is 1250 g/mol. The van der Waals surface area contributed by atoms with Gasteiger partial charge in [-0.1, -0.05) is 31.2 Å². The fraction of sp³-hybridized carbons (Fsp3) is 0.554. The molecule has 3 amide bonds. The van der Waals surface area contributed by atoms with Crippen molar-refractivity contribution in [2.75, 3.05) is 165 Å². The van der Waals surface area contributed by atoms with Crippen LogP contribution in [0.15, 0.2) is 57.9 Å². The molecule has 2 heterocycles. The second-order valence-electron chi connectivity index (χ2n) is 18.4. The number of nitrogens with two attached hydrogens (primary N) is 1. The van der Waals surface area contributed by atoms with Gasteiger partial charge in [-0.15, -0.1) is 0 Å². The molecule has 2 aliphatic rings. The van der Waals surface area contributed by atoms with Crippen LogP contribution >= 0.6 is 0 Å². The Balaban J connectivity index is 0.766. The normalized spacial score (nSPS) is 14.2. The van der Waals surface area contributed by atoms with Crippen LogP contribution in [-0.2, 0) is 81.4 Å². The number of carbonyl (C=O) groups is 4. The summed E-state index contributed by atoms with van der Waals surface area (Å²) in [4.78, 5) is 61.0. The number of hydrogen-bond donors (Lipinski definition) is 3. The Morgan fingerprint density at radius 3 is 1.64 bits per heavy atom. The molecule has 3 aromatic rings. The van der Waals surface area contributed by atoms with Crippen LogP contribution in [0, 0.1) is 23.3 Å². The van der Waals surface area contributed by atoms with Crippen LogP contribution in [-0.4, -0.2) is 224 Å². The predicted molar refractivity (Wildman–Crippen MR) is 298 cm³/mol. The number of fused-ring (bicyclic) bond motifs is 1. The second-order valence-corrected chi connectivity index (χ2v) is 19.8. The van der Waals surface area contributed by atoms with Crippen molar-refractivity contribution in [1.82, 2.24) is 15.3 Å². The lowest BCUT2D eigenvalue weighted by Crippen LogP contribution is -2.47. The Morgan fingerprint density at radius 2 is 1.16 bits per heavy atom. The Labute approximate surface area is 495 Å². The Morgan fingerprint density at radius 1 is 0.686 bits per heavy atom. The van der Waals surface area contributed by atoms with Gasteiger partial charge in [-0.3, -0.25) is 28.6 Å². The number of esters is 1. The lowest BCUT2D eigenvalue weighted by molar-refractivity contribution is -0.180. The van der Waals surface area contributed by atoms with E-state index in [0.717, 1.165) is 23.1 Å². The van der Waals surface area contributed by atoms with E-state index in [-0.39, 0.29) is 83.7 Å². The number of aliphatic imine (C=N–C) groups is 1. The van der Waals surface area contributed by atoms with E-state index in [1.165, 1.54) is 9.96 Å². The van der Waals surface area contributed by atoms with Gasteiger partial charge in [0.2, 0.25) is 23.3 Å². The molecule has 2 aliphatic heterocycles. The molecule has 0 saturated carbocycles. The summed E-state index contributed by atoms with van der Waals surface area (Å²) in [6.07, 6.45) is 2.13. The third-order valence-electron chi connectivity index (χ3n) is 12.1. The Kier molecular flexibility index (Phi) is 32.0. The standard InChI is InChI=1S/C56H75F4N5O20S/c1-3-13-65(84-4-2)56(69)43-34-42-10-9-41(35-44(42)63-46(61)36-43)39-5-7-40(8-6-39)55(68)64-38-83-37-45(64)54(67)62-12-15-74-17-19-76-21-23-78-25-27-80-29-31-82-33-32-81-30-28-79-26-24-77-22-20-75-18-16-73-14-11-47(66)85-52-48(57)50(59)53(86(70,71)72)51(60)49(52)58/h5-10,34-35,45H,3-4,11-33,36-38H2,1-2H3,(H2,61,63)(H,62,67)(H,70,71,72). The lowest BCUT2D eigenvalue weighted by atomic mass is 9.99. The van der Waals surface area contributed by atoms with E-state index in [1.807, 2.05) is 44.2 Å². The van der Waals surface area contributed by atoms with E-state index in [2.05, 4.69) is 15.0 Å². The summed E-state index contributed by atoms with van der Waals surface area (Å²) < 4.78 is 151. The van der Waals surface area contributed by atoms with Crippen LogP contribution in [0.25, 0.3) is 17.2 Å². The minimum absolute atomic E-state index is 0.0120. The number of nitrogens with one attached hydrogen (secondary N) is 1. The molecule has 30 heteroatoms. The molecule has 478 valence electrons. The Hall–Kier alpha value is -6.10. The minimum Gasteiger partial charge on any atom is -0.420 e. The van der Waals surface area contributed by atoms with Gasteiger partial charge in [0.25, 0.3) is 11.8 Å². The number of carbonyl (C=O) groups excluding carboxylic acids is 4. The first-order chi connectivity index (χ1) is 41.5. The first-order valence-electron chi connectivity index (χ1n) is 27.8. The maximum Gasteiger partial charge on any atom is 0.313 e. The molecule has 86 heavy (non-hydrogen) atoms. The molecular weight excluding hydrogens is 1170 g/mol. The van der Waals surface area contributed by atoms with E-state index in [1.54, 1.807) is 18.2 Å². The summed E-state index contributed by atoms with van der Waals surface area (Å²) in [5.74, 6) is -13.3. The van der Waals surface area contributed by atoms with Crippen LogP contribution < -0.4 is 15.8 Å². The zero-order chi connectivity index (χ0) is 62.1. The number of amides is 3. The number of amidine groups is 1. The molecular formula is C56H75F4N5O20S. The second kappa shape index (κ2) is 38.9. The highest BCUT2D eigenvalue weighted by Gasteiger charge is 2.36. The van der Waals surface area contributed by atoms with Crippen molar-refractivity contribution >= 4 is 51.4 Å². The van der Waals surface area contributed by atoms with Gasteiger partial charge in [-0.25, -0.2) is 18.8 Å². The summed E-state index contributed by atoms with van der Waals surface area (Å²) in [7, 11) is -5.65. The van der Waals surface area contributed by atoms with Gasteiger partial charge < -0.3 is 72.8 Å². The summed E-state index contributed by atoms with van der Waals surface area (Å²) in [6, 6.07) is 11.9. The number of hydroxylamine groups is 2. The van der Waals surface area contributed by atoms with Crippen molar-refractivity contribution in [1.29, 1.82) is 0 Å². The third-order valence-corrected chi connectivity index (χ3v) is 13.0. The van der Waals surface area contributed by atoms with Gasteiger partial charge in [-0.05, 0) is 48.7 Å². The van der Waals surface area contributed by atoms with Gasteiger partial charge in [0.05, 0.1) is 157 Å². The molecule has 5 rings (SSSR count). The van der Waals surface area contributed by atoms with Gasteiger partial charge in [0, 0.05) is 36.2 Å². The van der Waals surface area contributed by atoms with Crippen LogP contribution in [0.4, 0.5) is 23.2 Å². The molecule has 0 aliphatic carbocycles. The predicted octanol–water partition coefficient (Wildman–Crippen LogP) is 4.20. The number of rotatable bonds is 43. The molecule has 1 fully saturated rings. The van der Waals surface area contributed by atoms with Crippen molar-refractivity contribution in [3.63, 3.8) is 0 Å². The topological polar surface area (TPSA) is 300 Å². The highest BCUT2D eigenvalue weighted by molar-refractivity contribution is 7.85. The van der Waals surface area contributed by atoms with Crippen molar-refractivity contribution in [2.45, 2.75) is 44.0 Å². The fourth-order valence-electron chi connectivity index (χ4n) is 7.96. The van der Waals surface area contributed by atoms with Gasteiger partial charge in [-0.2, -0.15) is 17.2 Å². The van der Waals surface area contributed by atoms with Crippen LogP contribution in [0.2, 0.25) is 0 Å². The SMILES string of the molecule is CCCN(OCC)C(=O)C1=Cc2ccc(-c3ccc(C(=O)N4COCC4C(=O)NCCOCCOCCOCCOCCOCCOCCOCCOCCOCCOCCC(=O)Oc4c(F)c(F)c(S(=O)(=O)O)c(F)c4F)cc3)cc2N=C(N)C1. The summed E-state index contributed by atoms with van der Waals surface area (Å²) >= 11 is 0. The van der Waals surface area contributed by atoms with Crippen molar-refractivity contribution in [3.8, 4) is 16.9 Å². The maximum atomic E-state index is 14.0. The zero-order valence-electron chi connectivity index (χ0n) is 48.0. The van der Waals surface area contributed by atoms with E-state index in [9.17, 15) is 45.2 Å². The zero-order valence-corrected chi connectivity index (χ0v) is 48.9. The number of ether oxygens (including phenoxy) is 12. The first kappa shape index (κ1) is 70.7. The van der Waals surface area contributed by atoms with E-state index < -0.39 is 62.5 Å². The van der Waals surface area contributed by atoms with E-state index in [0.29, 0.717) is 128 Å². The summed E-state index contributed by atoms with van der Waals surface area (Å²) in [5, 5.41) is 4.18. The molecule has 25 nitrogen and oxygen atoms in total. The average Bonchev–Trinajstić information content (AvgIpc) is 1.29. The Bertz CT molecular complexity index is 2770. The fourth-order valence-corrected chi connectivity index (χ4v) is 8.59. The highest BCUT2D eigenvalue weighted by atomic mass is 32.2. The molecule has 0 bridgehead atoms. The van der Waals surface area contributed by atoms with Crippen molar-refractivity contribution in [2.24, 2.45) is 10.7 Å². The van der Waals surface area contributed by atoms with Gasteiger partial charge in [0.15, 0.2) is 16.5 Å². The van der Waals surface area contributed by atoms with E-state index in [4.69, 9.17) is 67.2 Å². The lowest BCUT2D eigenvalue weighted by Gasteiger charge is -2.22. The molecule has 1 unspecified atom stereocenters. The summed E-state index contributed by atoms with van der Waals surface area (Å²) in [6.45, 7) is 10.4. The molecule has 1 saturated heterocycles. The molecule has 3 aromatic carbocycles. The average molecular weight is 1250 g/mol. The minimum atomic E-state index is -5.65. The largest absolute Gasteiger partial charge is 0.420 e. The molecule has 0 radical (unpaired) electrons. The summed E-state index contributed by atoms with van der Waals surface area (Å²) in [5.41, 5.74) is 10.2. The van der Waals surface area contributed by atoms with Gasteiger partial charge in [0.1, 0.15) is 18.6 Å².